The van der Waals surface area contributed by atoms with Gasteiger partial charge in [0.1, 0.15) is 11.3 Å². The fourth-order valence-corrected chi connectivity index (χ4v) is 2.85. The number of pyridine rings is 2. The molecule has 190 valence electrons. The number of hydrogen-bond donors (Lipinski definition) is 3. The number of hydrogen-bond acceptors (Lipinski definition) is 6. The van der Waals surface area contributed by atoms with Crippen molar-refractivity contribution in [2.24, 2.45) is 0 Å². The van der Waals surface area contributed by atoms with Crippen LogP contribution in [-0.4, -0.2) is 39.8 Å². The second-order valence-corrected chi connectivity index (χ2v) is 7.06. The molecule has 0 radical (unpaired) electrons. The van der Waals surface area contributed by atoms with Crippen molar-refractivity contribution in [2.75, 3.05) is 12.4 Å². The fourth-order valence-electron chi connectivity index (χ4n) is 2.85. The molecule has 3 aromatic heterocycles. The van der Waals surface area contributed by atoms with E-state index >= 15 is 0 Å². The Labute approximate surface area is 204 Å². The molecule has 0 aliphatic heterocycles. The maximum Gasteiger partial charge on any atom is 0.417 e. The fraction of sp³-hybridized carbons (Fsp3) is 0.208. The summed E-state index contributed by atoms with van der Waals surface area (Å²) in [5.74, 6) is -2.01. The number of allylic oxidation sites excluding steroid dienone is 1. The highest BCUT2D eigenvalue weighted by atomic mass is 19.4. The zero-order chi connectivity index (χ0) is 27.0. The van der Waals surface area contributed by atoms with Gasteiger partial charge in [0.15, 0.2) is 0 Å². The molecule has 0 unspecified atom stereocenters. The Balaban J connectivity index is 0.00000222. The lowest BCUT2D eigenvalue weighted by Crippen LogP contribution is -2.23. The summed E-state index contributed by atoms with van der Waals surface area (Å²) in [6.07, 6.45) is -0.410. The SMILES string of the molecule is C=C(/C=C(\C)NC(=O)c1cncc(C(F)(F)F)c1)C(=O)Nc1cnc2[nH]c(C(=O)OC)cc2c1.CC. The molecule has 36 heavy (non-hydrogen) atoms. The van der Waals surface area contributed by atoms with Gasteiger partial charge in [-0.3, -0.25) is 14.6 Å². The zero-order valence-electron chi connectivity index (χ0n) is 19.9. The number of fused-ring (bicyclic) bond motifs is 1. The third kappa shape index (κ3) is 7.01. The molecule has 0 aliphatic rings. The van der Waals surface area contributed by atoms with Crippen molar-refractivity contribution in [3.8, 4) is 0 Å². The van der Waals surface area contributed by atoms with Crippen LogP contribution >= 0.6 is 0 Å². The average Bonchev–Trinajstić information content (AvgIpc) is 3.27. The predicted molar refractivity (Wildman–Crippen MR) is 127 cm³/mol. The minimum absolute atomic E-state index is 0.0376. The maximum absolute atomic E-state index is 12.8. The number of H-pyrrole nitrogens is 1. The van der Waals surface area contributed by atoms with Crippen LogP contribution in [-0.2, 0) is 15.7 Å². The quantitative estimate of drug-likeness (QED) is 0.256. The predicted octanol–water partition coefficient (Wildman–Crippen LogP) is 4.62. The summed E-state index contributed by atoms with van der Waals surface area (Å²) in [4.78, 5) is 46.6. The number of anilines is 1. The smallest absolute Gasteiger partial charge is 0.417 e. The molecular weight excluding hydrogens is 479 g/mol. The summed E-state index contributed by atoms with van der Waals surface area (Å²) in [6.45, 7) is 9.07. The Morgan fingerprint density at radius 1 is 1.11 bits per heavy atom. The van der Waals surface area contributed by atoms with Crippen LogP contribution in [0.25, 0.3) is 11.0 Å². The third-order valence-electron chi connectivity index (χ3n) is 4.45. The second-order valence-electron chi connectivity index (χ2n) is 7.06. The Morgan fingerprint density at radius 3 is 2.44 bits per heavy atom. The third-order valence-corrected chi connectivity index (χ3v) is 4.45. The largest absolute Gasteiger partial charge is 0.464 e. The van der Waals surface area contributed by atoms with Gasteiger partial charge < -0.3 is 20.4 Å². The summed E-state index contributed by atoms with van der Waals surface area (Å²) >= 11 is 0. The van der Waals surface area contributed by atoms with E-state index in [9.17, 15) is 27.6 Å². The van der Waals surface area contributed by atoms with Gasteiger partial charge in [0.2, 0.25) is 0 Å². The van der Waals surface area contributed by atoms with Crippen LogP contribution in [0.15, 0.2) is 60.7 Å². The highest BCUT2D eigenvalue weighted by Gasteiger charge is 2.31. The molecule has 0 spiro atoms. The van der Waals surface area contributed by atoms with Gasteiger partial charge in [0.25, 0.3) is 11.8 Å². The van der Waals surface area contributed by atoms with E-state index in [1.807, 2.05) is 13.8 Å². The first-order valence-corrected chi connectivity index (χ1v) is 10.6. The topological polar surface area (TPSA) is 126 Å². The molecule has 0 saturated heterocycles. The number of ether oxygens (including phenoxy) is 1. The number of amides is 2. The van der Waals surface area contributed by atoms with Crippen molar-refractivity contribution >= 4 is 34.5 Å². The van der Waals surface area contributed by atoms with Crippen molar-refractivity contribution in [1.82, 2.24) is 20.3 Å². The normalized spacial score (nSPS) is 11.2. The monoisotopic (exact) mass is 503 g/mol. The van der Waals surface area contributed by atoms with E-state index < -0.39 is 29.5 Å². The van der Waals surface area contributed by atoms with Crippen LogP contribution in [0.1, 0.15) is 47.2 Å². The Kier molecular flexibility index (Phi) is 9.08. The van der Waals surface area contributed by atoms with Gasteiger partial charge in [0.05, 0.1) is 30.1 Å². The van der Waals surface area contributed by atoms with Gasteiger partial charge in [-0.1, -0.05) is 20.4 Å². The van der Waals surface area contributed by atoms with Gasteiger partial charge in [0, 0.05) is 29.1 Å². The molecule has 0 fully saturated rings. The number of nitrogens with zero attached hydrogens (tertiary/aromatic N) is 2. The van der Waals surface area contributed by atoms with Gasteiger partial charge in [-0.2, -0.15) is 13.2 Å². The number of rotatable bonds is 6. The molecule has 0 saturated carbocycles. The first-order valence-electron chi connectivity index (χ1n) is 10.6. The van der Waals surface area contributed by atoms with Crippen LogP contribution in [0.2, 0.25) is 0 Å². The number of nitrogens with one attached hydrogen (secondary N) is 3. The molecule has 0 bridgehead atoms. The highest BCUT2D eigenvalue weighted by Crippen LogP contribution is 2.29. The Morgan fingerprint density at radius 2 is 1.81 bits per heavy atom. The molecule has 3 rings (SSSR count). The molecule has 3 N–H and O–H groups in total. The summed E-state index contributed by atoms with van der Waals surface area (Å²) in [7, 11) is 1.24. The number of halogens is 3. The first kappa shape index (κ1) is 27.8. The summed E-state index contributed by atoms with van der Waals surface area (Å²) in [6, 6.07) is 3.77. The Bertz CT molecular complexity index is 1330. The molecule has 3 heterocycles. The van der Waals surface area contributed by atoms with Gasteiger partial charge in [-0.15, -0.1) is 0 Å². The van der Waals surface area contributed by atoms with E-state index in [0.29, 0.717) is 29.0 Å². The molecule has 12 heteroatoms. The second kappa shape index (κ2) is 11.8. The number of aromatic amines is 1. The van der Waals surface area contributed by atoms with E-state index in [-0.39, 0.29) is 22.5 Å². The van der Waals surface area contributed by atoms with E-state index in [1.165, 1.54) is 32.4 Å². The first-order chi connectivity index (χ1) is 17.0. The zero-order valence-corrected chi connectivity index (χ0v) is 19.9. The van der Waals surface area contributed by atoms with Crippen LogP contribution in [0, 0.1) is 0 Å². The molecule has 9 nitrogen and oxygen atoms in total. The van der Waals surface area contributed by atoms with Crippen LogP contribution in [0.3, 0.4) is 0 Å². The highest BCUT2D eigenvalue weighted by molar-refractivity contribution is 6.06. The van der Waals surface area contributed by atoms with Crippen LogP contribution < -0.4 is 10.6 Å². The molecule has 0 atom stereocenters. The summed E-state index contributed by atoms with van der Waals surface area (Å²) in [5.41, 5.74) is -0.289. The molecule has 3 aromatic rings. The van der Waals surface area contributed by atoms with Gasteiger partial charge in [-0.05, 0) is 31.2 Å². The molecular formula is C24H24F3N5O4. The van der Waals surface area contributed by atoms with Crippen LogP contribution in [0.5, 0.6) is 0 Å². The molecule has 2 amide bonds. The molecule has 0 aliphatic carbocycles. The number of carbonyl (C=O) groups is 3. The van der Waals surface area contributed by atoms with E-state index in [4.69, 9.17) is 0 Å². The standard InChI is InChI=1S/C22H18F3N5O4.C2H6/c1-11(4-12(2)28-20(32)14-5-15(9-26-8-14)22(23,24)25)19(31)29-16-6-13-7-17(21(33)34-3)30-18(13)27-10-16;1-2/h4-10H,1H2,2-3H3,(H,27,30)(H,28,32)(H,29,31);1-2H3/b12-4+;. The molecule has 0 aromatic carbocycles. The average molecular weight is 503 g/mol. The van der Waals surface area contributed by atoms with Crippen LogP contribution in [0.4, 0.5) is 18.9 Å². The lowest BCUT2D eigenvalue weighted by atomic mass is 10.2. The van der Waals surface area contributed by atoms with Crippen molar-refractivity contribution in [1.29, 1.82) is 0 Å². The number of methoxy groups -OCH3 is 1. The minimum atomic E-state index is -4.64. The summed E-state index contributed by atoms with van der Waals surface area (Å²) in [5, 5.41) is 5.51. The number of alkyl halides is 3. The van der Waals surface area contributed by atoms with Crippen molar-refractivity contribution in [3.63, 3.8) is 0 Å². The number of carbonyl (C=O) groups excluding carboxylic acids is 3. The van der Waals surface area contributed by atoms with Crippen molar-refractivity contribution in [2.45, 2.75) is 26.9 Å². The van der Waals surface area contributed by atoms with Crippen molar-refractivity contribution in [3.05, 3.63) is 77.5 Å². The lowest BCUT2D eigenvalue weighted by molar-refractivity contribution is -0.137. The van der Waals surface area contributed by atoms with E-state index in [2.05, 4.69) is 36.9 Å². The van der Waals surface area contributed by atoms with Crippen molar-refractivity contribution < 1.29 is 32.3 Å². The minimum Gasteiger partial charge on any atom is -0.464 e. The lowest BCUT2D eigenvalue weighted by Gasteiger charge is -2.10. The van der Waals surface area contributed by atoms with E-state index in [1.54, 1.807) is 6.07 Å². The number of esters is 1. The van der Waals surface area contributed by atoms with E-state index in [0.717, 1.165) is 6.20 Å². The maximum atomic E-state index is 12.8. The Hall–Kier alpha value is -4.48. The number of aromatic nitrogens is 3. The van der Waals surface area contributed by atoms with Gasteiger partial charge >= 0.3 is 12.1 Å². The summed E-state index contributed by atoms with van der Waals surface area (Å²) < 4.78 is 43.1. The van der Waals surface area contributed by atoms with Gasteiger partial charge in [-0.25, -0.2) is 9.78 Å².